The predicted octanol–water partition coefficient (Wildman–Crippen LogP) is 2.79. The molecule has 0 aliphatic rings. The summed E-state index contributed by atoms with van der Waals surface area (Å²) >= 11 is 0. The maximum atomic E-state index is 12.9. The molecule has 0 saturated carbocycles. The van der Waals surface area contributed by atoms with Crippen LogP contribution in [0.1, 0.15) is 40.5 Å². The van der Waals surface area contributed by atoms with Crippen LogP contribution in [0.15, 0.2) is 23.6 Å². The third kappa shape index (κ3) is 8.97. The van der Waals surface area contributed by atoms with E-state index >= 15 is 0 Å². The fourth-order valence-electron chi connectivity index (χ4n) is 1.34. The van der Waals surface area contributed by atoms with E-state index in [1.54, 1.807) is 20.8 Å². The lowest BCUT2D eigenvalue weighted by atomic mass is 10.0. The molecule has 5 heteroatoms. The van der Waals surface area contributed by atoms with E-state index in [-0.39, 0.29) is 18.4 Å². The Kier molecular flexibility index (Phi) is 7.02. The Balaban J connectivity index is 4.75. The monoisotopic (exact) mass is 269 g/mol. The van der Waals surface area contributed by atoms with Gasteiger partial charge in [0.15, 0.2) is 0 Å². The Hall–Kier alpha value is -1.67. The van der Waals surface area contributed by atoms with Crippen LogP contribution >= 0.6 is 0 Å². The molecule has 0 rings (SSSR count). The number of hydrogen-bond donors (Lipinski definition) is 1. The van der Waals surface area contributed by atoms with Crippen molar-refractivity contribution in [3.05, 3.63) is 23.6 Å². The van der Waals surface area contributed by atoms with Gasteiger partial charge in [0.2, 0.25) is 0 Å². The van der Waals surface area contributed by atoms with E-state index in [1.807, 2.05) is 6.07 Å². The van der Waals surface area contributed by atoms with E-state index in [0.717, 1.165) is 6.08 Å². The van der Waals surface area contributed by atoms with Gasteiger partial charge in [-0.1, -0.05) is 6.08 Å². The SMILES string of the molecule is C/C(F)=C\C(=C/CC#N)C(O)CC(=O)OC(C)(C)C. The van der Waals surface area contributed by atoms with Gasteiger partial charge in [-0.05, 0) is 39.3 Å². The van der Waals surface area contributed by atoms with Crippen LogP contribution in [0.3, 0.4) is 0 Å². The van der Waals surface area contributed by atoms with Gasteiger partial charge in [-0.3, -0.25) is 4.79 Å². The highest BCUT2D eigenvalue weighted by molar-refractivity contribution is 5.71. The average Bonchev–Trinajstić information content (AvgIpc) is 2.20. The fourth-order valence-corrected chi connectivity index (χ4v) is 1.34. The Morgan fingerprint density at radius 2 is 2.11 bits per heavy atom. The number of carbonyl (C=O) groups excluding carboxylic acids is 1. The molecule has 0 aliphatic heterocycles. The standard InChI is InChI=1S/C14H20FNO3/c1-10(15)8-11(6-5-7-16)12(17)9-13(18)19-14(2,3)4/h6,8,12,17H,5,9H2,1-4H3/b10-8+,11-6+. The van der Waals surface area contributed by atoms with Gasteiger partial charge in [0.05, 0.1) is 30.8 Å². The summed E-state index contributed by atoms with van der Waals surface area (Å²) < 4.78 is 17.9. The van der Waals surface area contributed by atoms with Crippen LogP contribution < -0.4 is 0 Å². The molecule has 0 amide bonds. The zero-order valence-corrected chi connectivity index (χ0v) is 11.7. The minimum atomic E-state index is -1.19. The number of hydrogen-bond acceptors (Lipinski definition) is 4. The third-order valence-electron chi connectivity index (χ3n) is 1.96. The topological polar surface area (TPSA) is 70.3 Å². The first-order chi connectivity index (χ1) is 8.65. The number of carbonyl (C=O) groups is 1. The van der Waals surface area contributed by atoms with Crippen LogP contribution in [-0.2, 0) is 9.53 Å². The minimum Gasteiger partial charge on any atom is -0.460 e. The lowest BCUT2D eigenvalue weighted by molar-refractivity contribution is -0.156. The second kappa shape index (κ2) is 7.70. The van der Waals surface area contributed by atoms with Crippen molar-refractivity contribution < 1.29 is 19.0 Å². The summed E-state index contributed by atoms with van der Waals surface area (Å²) in [7, 11) is 0. The number of halogens is 1. The quantitative estimate of drug-likeness (QED) is 0.615. The second-order valence-corrected chi connectivity index (χ2v) is 5.10. The molecule has 1 atom stereocenters. The van der Waals surface area contributed by atoms with Crippen molar-refractivity contribution in [3.63, 3.8) is 0 Å². The molecule has 0 aromatic heterocycles. The van der Waals surface area contributed by atoms with Crippen molar-refractivity contribution >= 4 is 5.97 Å². The van der Waals surface area contributed by atoms with Gasteiger partial charge in [-0.2, -0.15) is 5.26 Å². The highest BCUT2D eigenvalue weighted by Gasteiger charge is 2.20. The van der Waals surface area contributed by atoms with Crippen LogP contribution in [0.4, 0.5) is 4.39 Å². The summed E-state index contributed by atoms with van der Waals surface area (Å²) in [5, 5.41) is 18.3. The molecule has 0 heterocycles. The molecule has 1 N–H and O–H groups in total. The molecule has 0 aromatic rings. The largest absolute Gasteiger partial charge is 0.460 e. The van der Waals surface area contributed by atoms with Crippen molar-refractivity contribution in [1.29, 1.82) is 5.26 Å². The van der Waals surface area contributed by atoms with E-state index in [0.29, 0.717) is 0 Å². The average molecular weight is 269 g/mol. The molecule has 1 unspecified atom stereocenters. The number of aliphatic hydroxyl groups is 1. The summed E-state index contributed by atoms with van der Waals surface area (Å²) in [5.74, 6) is -1.08. The molecule has 0 radical (unpaired) electrons. The van der Waals surface area contributed by atoms with E-state index in [4.69, 9.17) is 10.00 Å². The summed E-state index contributed by atoms with van der Waals surface area (Å²) in [6, 6.07) is 1.86. The molecule has 0 aliphatic carbocycles. The van der Waals surface area contributed by atoms with Gasteiger partial charge >= 0.3 is 5.97 Å². The van der Waals surface area contributed by atoms with Gasteiger partial charge in [-0.15, -0.1) is 0 Å². The molecule has 0 bridgehead atoms. The summed E-state index contributed by atoms with van der Waals surface area (Å²) in [4.78, 5) is 11.5. The van der Waals surface area contributed by atoms with Crippen LogP contribution in [-0.4, -0.2) is 22.8 Å². The Morgan fingerprint density at radius 1 is 1.53 bits per heavy atom. The molecule has 0 saturated heterocycles. The number of aliphatic hydroxyl groups excluding tert-OH is 1. The number of nitriles is 1. The van der Waals surface area contributed by atoms with E-state index in [1.165, 1.54) is 13.0 Å². The number of allylic oxidation sites excluding steroid dienone is 2. The Bertz CT molecular complexity index is 409. The first-order valence-electron chi connectivity index (χ1n) is 5.96. The zero-order chi connectivity index (χ0) is 15.1. The molecule has 106 valence electrons. The van der Waals surface area contributed by atoms with Crippen LogP contribution in [0.5, 0.6) is 0 Å². The van der Waals surface area contributed by atoms with E-state index < -0.39 is 23.5 Å². The first kappa shape index (κ1) is 17.3. The zero-order valence-electron chi connectivity index (χ0n) is 11.7. The molecule has 0 aromatic carbocycles. The summed E-state index contributed by atoms with van der Waals surface area (Å²) in [6.07, 6.45) is 1.06. The molecular formula is C14H20FNO3. The van der Waals surface area contributed by atoms with Crippen LogP contribution in [0.25, 0.3) is 0 Å². The maximum Gasteiger partial charge on any atom is 0.309 e. The fraction of sp³-hybridized carbons (Fsp3) is 0.571. The normalized spacial score (nSPS) is 14.8. The lowest BCUT2D eigenvalue weighted by Gasteiger charge is -2.21. The highest BCUT2D eigenvalue weighted by atomic mass is 19.1. The molecule has 4 nitrogen and oxygen atoms in total. The van der Waals surface area contributed by atoms with Gasteiger partial charge < -0.3 is 9.84 Å². The number of esters is 1. The van der Waals surface area contributed by atoms with Crippen molar-refractivity contribution in [2.75, 3.05) is 0 Å². The van der Waals surface area contributed by atoms with Crippen LogP contribution in [0.2, 0.25) is 0 Å². The summed E-state index contributed by atoms with van der Waals surface area (Å²) in [5.41, 5.74) is -0.438. The molecule has 19 heavy (non-hydrogen) atoms. The van der Waals surface area contributed by atoms with Crippen molar-refractivity contribution in [1.82, 2.24) is 0 Å². The smallest absolute Gasteiger partial charge is 0.309 e. The van der Waals surface area contributed by atoms with Crippen molar-refractivity contribution in [3.8, 4) is 6.07 Å². The Morgan fingerprint density at radius 3 is 2.53 bits per heavy atom. The molecular weight excluding hydrogens is 249 g/mol. The summed E-state index contributed by atoms with van der Waals surface area (Å²) in [6.45, 7) is 6.38. The van der Waals surface area contributed by atoms with Crippen LogP contribution in [0, 0.1) is 11.3 Å². The lowest BCUT2D eigenvalue weighted by Crippen LogP contribution is -2.27. The number of rotatable bonds is 5. The van der Waals surface area contributed by atoms with E-state index in [9.17, 15) is 14.3 Å². The van der Waals surface area contributed by atoms with E-state index in [2.05, 4.69) is 0 Å². The predicted molar refractivity (Wildman–Crippen MR) is 69.6 cm³/mol. The first-order valence-corrected chi connectivity index (χ1v) is 5.96. The highest BCUT2D eigenvalue weighted by Crippen LogP contribution is 2.15. The van der Waals surface area contributed by atoms with Crippen molar-refractivity contribution in [2.45, 2.75) is 52.2 Å². The minimum absolute atomic E-state index is 0.0322. The second-order valence-electron chi connectivity index (χ2n) is 5.10. The number of nitrogens with zero attached hydrogens (tertiary/aromatic N) is 1. The van der Waals surface area contributed by atoms with Gasteiger partial charge in [0.25, 0.3) is 0 Å². The van der Waals surface area contributed by atoms with Gasteiger partial charge in [0.1, 0.15) is 5.60 Å². The van der Waals surface area contributed by atoms with Gasteiger partial charge in [-0.25, -0.2) is 4.39 Å². The number of ether oxygens (including phenoxy) is 1. The third-order valence-corrected chi connectivity index (χ3v) is 1.96. The van der Waals surface area contributed by atoms with Crippen molar-refractivity contribution in [2.24, 2.45) is 0 Å². The van der Waals surface area contributed by atoms with Gasteiger partial charge in [0, 0.05) is 0 Å². The molecule has 0 spiro atoms. The molecule has 0 fully saturated rings. The maximum absolute atomic E-state index is 12.9. The Labute approximate surface area is 113 Å².